The fourth-order valence-corrected chi connectivity index (χ4v) is 6.34. The fraction of sp³-hybridized carbons (Fsp3) is 0.483. The Morgan fingerprint density at radius 3 is 2.39 bits per heavy atom. The van der Waals surface area contributed by atoms with Gasteiger partial charge in [0.1, 0.15) is 0 Å². The van der Waals surface area contributed by atoms with Gasteiger partial charge in [-0.05, 0) is 55.7 Å². The van der Waals surface area contributed by atoms with Crippen molar-refractivity contribution >= 4 is 18.0 Å². The second-order valence-corrected chi connectivity index (χ2v) is 10.6. The molecule has 0 N–H and O–H groups in total. The van der Waals surface area contributed by atoms with Crippen LogP contribution >= 0.6 is 0 Å². The zero-order valence-corrected chi connectivity index (χ0v) is 20.7. The number of esters is 1. The fourth-order valence-electron chi connectivity index (χ4n) is 6.34. The number of rotatable bonds is 4. The summed E-state index contributed by atoms with van der Waals surface area (Å²) in [6.07, 6.45) is 3.95. The molecule has 3 fully saturated rings. The number of benzene rings is 2. The van der Waals surface area contributed by atoms with E-state index in [1.54, 1.807) is 4.90 Å². The van der Waals surface area contributed by atoms with E-state index < -0.39 is 11.0 Å². The Morgan fingerprint density at radius 2 is 1.69 bits per heavy atom. The summed E-state index contributed by atoms with van der Waals surface area (Å²) in [5.41, 5.74) is 2.71. The van der Waals surface area contributed by atoms with E-state index in [2.05, 4.69) is 24.3 Å². The van der Waals surface area contributed by atoms with Gasteiger partial charge in [-0.2, -0.15) is 0 Å². The van der Waals surface area contributed by atoms with Crippen LogP contribution in [-0.2, 0) is 25.3 Å². The van der Waals surface area contributed by atoms with Crippen molar-refractivity contribution in [1.82, 2.24) is 9.80 Å². The van der Waals surface area contributed by atoms with Gasteiger partial charge >= 0.3 is 12.1 Å². The normalized spacial score (nSPS) is 24.5. The molecule has 6 rings (SSSR count). The number of ether oxygens (including phenoxy) is 2. The summed E-state index contributed by atoms with van der Waals surface area (Å²) >= 11 is 0. The van der Waals surface area contributed by atoms with E-state index in [4.69, 9.17) is 9.47 Å². The van der Waals surface area contributed by atoms with E-state index in [0.717, 1.165) is 36.8 Å². The van der Waals surface area contributed by atoms with E-state index in [1.807, 2.05) is 36.1 Å². The number of nitrogens with zero attached hydrogens (tertiary/aromatic N) is 2. The largest absolute Gasteiger partial charge is 0.450 e. The number of hydrogen-bond acceptors (Lipinski definition) is 5. The molecule has 1 aliphatic carbocycles. The second kappa shape index (κ2) is 8.64. The maximum absolute atomic E-state index is 13.7. The predicted molar refractivity (Wildman–Crippen MR) is 133 cm³/mol. The van der Waals surface area contributed by atoms with E-state index in [1.165, 1.54) is 5.56 Å². The Hall–Kier alpha value is -3.35. The van der Waals surface area contributed by atoms with Gasteiger partial charge in [0.05, 0.1) is 24.1 Å². The first-order valence-electron chi connectivity index (χ1n) is 13.1. The van der Waals surface area contributed by atoms with E-state index in [-0.39, 0.29) is 18.0 Å². The number of piperidine rings is 1. The minimum absolute atomic E-state index is 0.148. The Bertz CT molecular complexity index is 1200. The summed E-state index contributed by atoms with van der Waals surface area (Å²) < 4.78 is 11.0. The van der Waals surface area contributed by atoms with Crippen molar-refractivity contribution in [2.24, 2.45) is 0 Å². The second-order valence-electron chi connectivity index (χ2n) is 10.6. The van der Waals surface area contributed by atoms with Crippen LogP contribution in [0.5, 0.6) is 0 Å². The molecule has 0 unspecified atom stereocenters. The third kappa shape index (κ3) is 3.67. The summed E-state index contributed by atoms with van der Waals surface area (Å²) in [5.74, 6) is 0.270. The maximum Gasteiger partial charge on any atom is 0.409 e. The van der Waals surface area contributed by atoms with Crippen LogP contribution in [-0.4, -0.2) is 60.6 Å². The lowest BCUT2D eigenvalue weighted by molar-refractivity contribution is -0.134. The molecule has 188 valence electrons. The van der Waals surface area contributed by atoms with Crippen molar-refractivity contribution in [3.63, 3.8) is 0 Å². The Labute approximate surface area is 211 Å². The molecule has 0 bridgehead atoms. The summed E-state index contributed by atoms with van der Waals surface area (Å²) in [6.45, 7) is 4.66. The van der Waals surface area contributed by atoms with Crippen LogP contribution in [0.15, 0.2) is 48.5 Å². The van der Waals surface area contributed by atoms with Crippen LogP contribution in [0.3, 0.4) is 0 Å². The molecule has 4 aliphatic rings. The first-order valence-corrected chi connectivity index (χ1v) is 13.1. The van der Waals surface area contributed by atoms with Gasteiger partial charge in [-0.3, -0.25) is 4.79 Å². The van der Waals surface area contributed by atoms with Crippen LogP contribution in [0.1, 0.15) is 72.0 Å². The monoisotopic (exact) mass is 488 g/mol. The molecule has 1 atom stereocenters. The highest BCUT2D eigenvalue weighted by Crippen LogP contribution is 2.52. The van der Waals surface area contributed by atoms with E-state index >= 15 is 0 Å². The summed E-state index contributed by atoms with van der Waals surface area (Å²) in [5, 5.41) is 0. The van der Waals surface area contributed by atoms with Gasteiger partial charge in [-0.25, -0.2) is 9.59 Å². The Kier molecular flexibility index (Phi) is 5.54. The third-order valence-corrected chi connectivity index (χ3v) is 8.56. The van der Waals surface area contributed by atoms with Gasteiger partial charge in [0.25, 0.3) is 0 Å². The Morgan fingerprint density at radius 1 is 0.972 bits per heavy atom. The molecule has 1 spiro atoms. The first kappa shape index (κ1) is 23.1. The molecule has 0 radical (unpaired) electrons. The summed E-state index contributed by atoms with van der Waals surface area (Å²) in [7, 11) is 0. The minimum Gasteiger partial charge on any atom is -0.450 e. The Balaban J connectivity index is 1.13. The van der Waals surface area contributed by atoms with Crippen LogP contribution in [0.2, 0.25) is 0 Å². The first-order chi connectivity index (χ1) is 17.5. The molecule has 2 aromatic carbocycles. The smallest absolute Gasteiger partial charge is 0.409 e. The quantitative estimate of drug-likeness (QED) is 0.598. The minimum atomic E-state index is -0.707. The van der Waals surface area contributed by atoms with Crippen molar-refractivity contribution in [2.75, 3.05) is 32.8 Å². The molecule has 2 amide bonds. The lowest BCUT2D eigenvalue weighted by atomic mass is 9.86. The van der Waals surface area contributed by atoms with Gasteiger partial charge in [0.2, 0.25) is 5.91 Å². The molecule has 7 heteroatoms. The average molecular weight is 489 g/mol. The van der Waals surface area contributed by atoms with Gasteiger partial charge in [-0.1, -0.05) is 42.5 Å². The zero-order valence-electron chi connectivity index (χ0n) is 20.7. The number of carbonyl (C=O) groups excluding carboxylic acids is 3. The van der Waals surface area contributed by atoms with Gasteiger partial charge in [-0.15, -0.1) is 0 Å². The van der Waals surface area contributed by atoms with Crippen LogP contribution < -0.4 is 0 Å². The van der Waals surface area contributed by atoms with Gasteiger partial charge in [0, 0.05) is 31.6 Å². The number of carbonyl (C=O) groups is 3. The van der Waals surface area contributed by atoms with Crippen molar-refractivity contribution in [2.45, 2.75) is 56.0 Å². The highest BCUT2D eigenvalue weighted by molar-refractivity contribution is 5.96. The molecule has 2 saturated heterocycles. The van der Waals surface area contributed by atoms with Gasteiger partial charge in [0.15, 0.2) is 5.60 Å². The van der Waals surface area contributed by atoms with Crippen molar-refractivity contribution in [1.29, 1.82) is 0 Å². The summed E-state index contributed by atoms with van der Waals surface area (Å²) in [4.78, 5) is 41.8. The molecule has 2 aromatic rings. The molecule has 1 saturated carbocycles. The molecule has 0 aromatic heterocycles. The third-order valence-electron chi connectivity index (χ3n) is 8.56. The number of likely N-dealkylation sites (tertiary alicyclic amines) is 2. The molecule has 7 nitrogen and oxygen atoms in total. The highest BCUT2D eigenvalue weighted by atomic mass is 16.6. The SMILES string of the molecule is CCOC(=O)N1CCC(c2ccc(C3(C(=O)N4CC[C@@]5(C4)OC(=O)c4ccccc45)CC3)cc2)CC1. The van der Waals surface area contributed by atoms with Crippen LogP contribution in [0, 0.1) is 0 Å². The predicted octanol–water partition coefficient (Wildman–Crippen LogP) is 4.35. The lowest BCUT2D eigenvalue weighted by Crippen LogP contribution is -2.40. The number of fused-ring (bicyclic) bond motifs is 2. The van der Waals surface area contributed by atoms with Crippen molar-refractivity contribution in [3.05, 3.63) is 70.8 Å². The summed E-state index contributed by atoms with van der Waals surface area (Å²) in [6, 6.07) is 16.1. The molecular weight excluding hydrogens is 456 g/mol. The topological polar surface area (TPSA) is 76.2 Å². The number of hydrogen-bond donors (Lipinski definition) is 0. The molecule has 3 aliphatic heterocycles. The lowest BCUT2D eigenvalue weighted by Gasteiger charge is -2.31. The van der Waals surface area contributed by atoms with Crippen molar-refractivity contribution in [3.8, 4) is 0 Å². The van der Waals surface area contributed by atoms with Gasteiger partial charge < -0.3 is 19.3 Å². The zero-order chi connectivity index (χ0) is 24.9. The molecular formula is C29H32N2O5. The van der Waals surface area contributed by atoms with Crippen LogP contribution in [0.25, 0.3) is 0 Å². The average Bonchev–Trinajstić information content (AvgIpc) is 3.54. The molecule has 3 heterocycles. The van der Waals surface area contributed by atoms with E-state index in [9.17, 15) is 14.4 Å². The highest BCUT2D eigenvalue weighted by Gasteiger charge is 2.57. The molecule has 36 heavy (non-hydrogen) atoms. The van der Waals surface area contributed by atoms with Crippen molar-refractivity contribution < 1.29 is 23.9 Å². The standard InChI is InChI=1S/C29H32N2O5/c1-2-35-27(34)30-16-11-21(12-17-30)20-7-9-22(10-8-20)28(13-14-28)26(33)31-18-15-29(19-31)24-6-4-3-5-23(24)25(32)36-29/h3-10,21H,2,11-19H2,1H3/t29-/m0/s1. The van der Waals surface area contributed by atoms with E-state index in [0.29, 0.717) is 50.7 Å². The maximum atomic E-state index is 13.7. The number of amides is 2. The van der Waals surface area contributed by atoms with Crippen LogP contribution in [0.4, 0.5) is 4.79 Å².